The van der Waals surface area contributed by atoms with Crippen molar-refractivity contribution in [3.05, 3.63) is 0 Å². The highest BCUT2D eigenvalue weighted by Crippen LogP contribution is 2.56. The summed E-state index contributed by atoms with van der Waals surface area (Å²) >= 11 is 0. The predicted molar refractivity (Wildman–Crippen MR) is 126 cm³/mol. The van der Waals surface area contributed by atoms with E-state index in [0.29, 0.717) is 36.3 Å². The minimum atomic E-state index is -1.78. The molecule has 1 saturated carbocycles. The fourth-order valence-electron chi connectivity index (χ4n) is 6.60. The van der Waals surface area contributed by atoms with Crippen LogP contribution in [0.3, 0.4) is 0 Å². The molecule has 0 radical (unpaired) electrons. The van der Waals surface area contributed by atoms with Crippen molar-refractivity contribution in [2.24, 2.45) is 5.92 Å². The predicted octanol–water partition coefficient (Wildman–Crippen LogP) is 6.51. The highest BCUT2D eigenvalue weighted by molar-refractivity contribution is 6.74. The van der Waals surface area contributed by atoms with Gasteiger partial charge in [-0.05, 0) is 56.7 Å². The van der Waals surface area contributed by atoms with E-state index in [1.54, 1.807) is 0 Å². The maximum atomic E-state index is 10.2. The number of nitrogens with zero attached hydrogens (tertiary/aromatic N) is 1. The van der Waals surface area contributed by atoms with Crippen molar-refractivity contribution >= 4 is 8.32 Å². The summed E-state index contributed by atoms with van der Waals surface area (Å²) in [6.45, 7) is 14.7. The molecule has 0 aromatic rings. The lowest BCUT2D eigenvalue weighted by atomic mass is 9.64. The van der Waals surface area contributed by atoms with Gasteiger partial charge in [-0.2, -0.15) is 0 Å². The number of aliphatic hydroxyl groups is 1. The Morgan fingerprint density at radius 1 is 1.03 bits per heavy atom. The number of rotatable bonds is 8. The number of hydrogen-bond donors (Lipinski definition) is 1. The first-order valence-electron chi connectivity index (χ1n) is 12.7. The van der Waals surface area contributed by atoms with E-state index < -0.39 is 8.32 Å². The summed E-state index contributed by atoms with van der Waals surface area (Å²) < 4.78 is 7.19. The average molecular weight is 424 g/mol. The first-order valence-corrected chi connectivity index (χ1v) is 15.6. The molecule has 3 nitrogen and oxygen atoms in total. The van der Waals surface area contributed by atoms with Crippen molar-refractivity contribution in [3.8, 4) is 0 Å². The lowest BCUT2D eigenvalue weighted by Gasteiger charge is -2.60. The van der Waals surface area contributed by atoms with Gasteiger partial charge in [-0.15, -0.1) is 0 Å². The van der Waals surface area contributed by atoms with Crippen LogP contribution >= 0.6 is 0 Å². The van der Waals surface area contributed by atoms with E-state index in [-0.39, 0.29) is 5.04 Å². The highest BCUT2D eigenvalue weighted by Gasteiger charge is 2.60. The van der Waals surface area contributed by atoms with Crippen molar-refractivity contribution in [1.29, 1.82) is 0 Å². The Balaban J connectivity index is 1.86. The van der Waals surface area contributed by atoms with Gasteiger partial charge in [0.05, 0.1) is 12.7 Å². The van der Waals surface area contributed by atoms with Crippen LogP contribution in [0.1, 0.15) is 105 Å². The smallest absolute Gasteiger partial charge is 0.192 e. The first-order chi connectivity index (χ1) is 13.7. The standard InChI is InChI=1S/C25H49NO2Si/c1-7-8-9-10-13-20-18-23(28-29(5,6)24(2,3)4)22-14-11-12-16-25(22)17-15-21(19-27)26(20)25/h20-23,27H,7-19H2,1-6H3/t20-,21-,22+,23+,25+/m1/s1. The van der Waals surface area contributed by atoms with Gasteiger partial charge in [0.25, 0.3) is 0 Å². The molecule has 1 spiro atoms. The second-order valence-corrected chi connectivity index (χ2v) is 16.6. The summed E-state index contributed by atoms with van der Waals surface area (Å²) in [6.07, 6.45) is 16.1. The van der Waals surface area contributed by atoms with E-state index in [4.69, 9.17) is 4.43 Å². The van der Waals surface area contributed by atoms with Gasteiger partial charge < -0.3 is 9.53 Å². The van der Waals surface area contributed by atoms with Gasteiger partial charge in [0.1, 0.15) is 0 Å². The fraction of sp³-hybridized carbons (Fsp3) is 1.00. The van der Waals surface area contributed by atoms with E-state index in [9.17, 15) is 5.11 Å². The van der Waals surface area contributed by atoms with Gasteiger partial charge >= 0.3 is 0 Å². The molecule has 0 aromatic heterocycles. The van der Waals surface area contributed by atoms with E-state index in [0.717, 1.165) is 0 Å². The lowest BCUT2D eigenvalue weighted by Crippen LogP contribution is -2.67. The SMILES string of the molecule is CCCCCC[C@@H]1C[C@H](O[Si](C)(C)C(C)(C)C)[C@@H]2CCCC[C@]23CC[C@H](CO)N13. The molecule has 2 heterocycles. The number of aliphatic hydroxyl groups excluding tert-OH is 1. The Morgan fingerprint density at radius 2 is 1.79 bits per heavy atom. The number of unbranched alkanes of at least 4 members (excludes halogenated alkanes) is 3. The van der Waals surface area contributed by atoms with Crippen LogP contribution in [0.15, 0.2) is 0 Å². The van der Waals surface area contributed by atoms with Gasteiger partial charge in [0.2, 0.25) is 0 Å². The van der Waals surface area contributed by atoms with Gasteiger partial charge in [0, 0.05) is 23.5 Å². The summed E-state index contributed by atoms with van der Waals surface area (Å²) in [5.41, 5.74) is 0.312. The Hall–Kier alpha value is 0.0969. The van der Waals surface area contributed by atoms with E-state index in [2.05, 4.69) is 45.7 Å². The van der Waals surface area contributed by atoms with Gasteiger partial charge in [-0.25, -0.2) is 0 Å². The quantitative estimate of drug-likeness (QED) is 0.357. The van der Waals surface area contributed by atoms with Gasteiger partial charge in [-0.1, -0.05) is 66.2 Å². The van der Waals surface area contributed by atoms with Crippen molar-refractivity contribution in [3.63, 3.8) is 0 Å². The van der Waals surface area contributed by atoms with Crippen LogP contribution in [-0.4, -0.2) is 48.7 Å². The van der Waals surface area contributed by atoms with Crippen molar-refractivity contribution < 1.29 is 9.53 Å². The van der Waals surface area contributed by atoms with E-state index in [1.807, 2.05) is 0 Å². The van der Waals surface area contributed by atoms with Crippen LogP contribution < -0.4 is 0 Å². The Kier molecular flexibility index (Phi) is 7.62. The molecule has 3 aliphatic rings. The third-order valence-electron chi connectivity index (χ3n) is 9.08. The van der Waals surface area contributed by atoms with Crippen LogP contribution in [0.2, 0.25) is 18.1 Å². The Bertz CT molecular complexity index is 531. The molecule has 0 bridgehead atoms. The van der Waals surface area contributed by atoms with Crippen LogP contribution in [0, 0.1) is 5.92 Å². The Labute approximate surface area is 182 Å². The number of hydrogen-bond acceptors (Lipinski definition) is 3. The summed E-state index contributed by atoms with van der Waals surface area (Å²) in [5, 5.41) is 10.5. The summed E-state index contributed by atoms with van der Waals surface area (Å²) in [7, 11) is -1.78. The summed E-state index contributed by atoms with van der Waals surface area (Å²) in [6, 6.07) is 0.997. The largest absolute Gasteiger partial charge is 0.414 e. The third-order valence-corrected chi connectivity index (χ3v) is 13.6. The molecule has 170 valence electrons. The minimum Gasteiger partial charge on any atom is -0.414 e. The molecular weight excluding hydrogens is 374 g/mol. The fourth-order valence-corrected chi connectivity index (χ4v) is 7.97. The molecular formula is C25H49NO2Si. The zero-order valence-electron chi connectivity index (χ0n) is 20.3. The molecule has 1 aliphatic carbocycles. The Morgan fingerprint density at radius 3 is 2.45 bits per heavy atom. The molecule has 0 aromatic carbocycles. The second kappa shape index (κ2) is 9.30. The lowest BCUT2D eigenvalue weighted by molar-refractivity contribution is -0.122. The summed E-state index contributed by atoms with van der Waals surface area (Å²) in [5.74, 6) is 0.675. The van der Waals surface area contributed by atoms with Crippen LogP contribution in [0.4, 0.5) is 0 Å². The van der Waals surface area contributed by atoms with E-state index >= 15 is 0 Å². The van der Waals surface area contributed by atoms with Gasteiger partial charge in [0.15, 0.2) is 8.32 Å². The number of piperidine rings is 1. The van der Waals surface area contributed by atoms with Crippen molar-refractivity contribution in [2.45, 2.75) is 147 Å². The zero-order chi connectivity index (χ0) is 21.3. The summed E-state index contributed by atoms with van der Waals surface area (Å²) in [4.78, 5) is 2.87. The average Bonchev–Trinajstić information content (AvgIpc) is 3.02. The molecule has 0 amide bonds. The molecule has 5 atom stereocenters. The first kappa shape index (κ1) is 23.8. The van der Waals surface area contributed by atoms with Crippen molar-refractivity contribution in [1.82, 2.24) is 4.90 Å². The van der Waals surface area contributed by atoms with Gasteiger partial charge in [-0.3, -0.25) is 4.90 Å². The second-order valence-electron chi connectivity index (χ2n) is 11.9. The normalized spacial score (nSPS) is 36.1. The van der Waals surface area contributed by atoms with Crippen LogP contribution in [0.5, 0.6) is 0 Å². The highest BCUT2D eigenvalue weighted by atomic mass is 28.4. The van der Waals surface area contributed by atoms with E-state index in [1.165, 1.54) is 77.0 Å². The zero-order valence-corrected chi connectivity index (χ0v) is 21.3. The third kappa shape index (κ3) is 4.66. The topological polar surface area (TPSA) is 32.7 Å². The van der Waals surface area contributed by atoms with Crippen molar-refractivity contribution in [2.75, 3.05) is 6.61 Å². The molecule has 3 fully saturated rings. The molecule has 2 aliphatic heterocycles. The molecule has 2 saturated heterocycles. The molecule has 0 unspecified atom stereocenters. The minimum absolute atomic E-state index is 0.270. The molecule has 1 N–H and O–H groups in total. The molecule has 4 heteroatoms. The van der Waals surface area contributed by atoms with Crippen LogP contribution in [0.25, 0.3) is 0 Å². The van der Waals surface area contributed by atoms with Crippen LogP contribution in [-0.2, 0) is 4.43 Å². The molecule has 29 heavy (non-hydrogen) atoms. The maximum Gasteiger partial charge on any atom is 0.192 e. The maximum absolute atomic E-state index is 10.2. The molecule has 3 rings (SSSR count). The monoisotopic (exact) mass is 423 g/mol.